The van der Waals surface area contributed by atoms with E-state index in [1.54, 1.807) is 6.20 Å². The Kier molecular flexibility index (Phi) is 0.943. The van der Waals surface area contributed by atoms with E-state index >= 15 is 0 Å². The third kappa shape index (κ3) is 0.655. The van der Waals surface area contributed by atoms with Crippen molar-refractivity contribution in [2.45, 2.75) is 6.92 Å². The molecule has 0 spiro atoms. The van der Waals surface area contributed by atoms with Gasteiger partial charge in [0.05, 0.1) is 11.8 Å². The number of aromatic nitrogens is 3. The van der Waals surface area contributed by atoms with Crippen molar-refractivity contribution in [3.05, 3.63) is 18.0 Å². The van der Waals surface area contributed by atoms with Crippen LogP contribution in [-0.4, -0.2) is 15.4 Å². The molecule has 0 amide bonds. The van der Waals surface area contributed by atoms with E-state index in [-0.39, 0.29) is 0 Å². The summed E-state index contributed by atoms with van der Waals surface area (Å²) < 4.78 is 4.76. The summed E-state index contributed by atoms with van der Waals surface area (Å²) in [4.78, 5) is 4.04. The molecule has 0 fully saturated rings. The maximum atomic E-state index is 4.76. The van der Waals surface area contributed by atoms with Gasteiger partial charge >= 0.3 is 0 Å². The van der Waals surface area contributed by atoms with Crippen molar-refractivity contribution in [2.75, 3.05) is 0 Å². The Hall–Kier alpha value is -1.45. The van der Waals surface area contributed by atoms with E-state index in [9.17, 15) is 0 Å². The van der Waals surface area contributed by atoms with Crippen molar-refractivity contribution in [3.63, 3.8) is 0 Å². The third-order valence-corrected chi connectivity index (χ3v) is 1.26. The number of fused-ring (bicyclic) bond motifs is 1. The maximum absolute atomic E-state index is 4.76. The second-order valence-corrected chi connectivity index (χ2v) is 2.08. The summed E-state index contributed by atoms with van der Waals surface area (Å²) in [5, 5.41) is 6.91. The van der Waals surface area contributed by atoms with Crippen LogP contribution in [0, 0.1) is 6.92 Å². The minimum Gasteiger partial charge on any atom is -0.318 e. The number of hydrogen-bond donors (Lipinski definition) is 0. The molecule has 0 bridgehead atoms. The fourth-order valence-electron chi connectivity index (χ4n) is 0.857. The zero-order valence-electron chi connectivity index (χ0n) is 5.40. The van der Waals surface area contributed by atoms with Gasteiger partial charge in [0.1, 0.15) is 0 Å². The molecule has 0 radical (unpaired) electrons. The van der Waals surface area contributed by atoms with Crippen LogP contribution in [0.15, 0.2) is 16.8 Å². The average Bonchev–Trinajstić information content (AvgIpc) is 2.27. The second-order valence-electron chi connectivity index (χ2n) is 2.08. The Balaban J connectivity index is 2.76. The number of hydrogen-bond acceptors (Lipinski definition) is 4. The summed E-state index contributed by atoms with van der Waals surface area (Å²) in [5.74, 6) is 0.549. The lowest BCUT2D eigenvalue weighted by molar-refractivity contribution is 0.363. The first-order valence-corrected chi connectivity index (χ1v) is 2.91. The first kappa shape index (κ1) is 5.34. The Morgan fingerprint density at radius 3 is 3.20 bits per heavy atom. The molecule has 50 valence electrons. The first-order chi connectivity index (χ1) is 4.86. The summed E-state index contributed by atoms with van der Waals surface area (Å²) >= 11 is 0. The monoisotopic (exact) mass is 135 g/mol. The topological polar surface area (TPSA) is 51.8 Å². The minimum atomic E-state index is 0.549. The highest BCUT2D eigenvalue weighted by Crippen LogP contribution is 2.18. The van der Waals surface area contributed by atoms with Crippen LogP contribution < -0.4 is 0 Å². The van der Waals surface area contributed by atoms with E-state index in [1.807, 2.05) is 13.0 Å². The fourth-order valence-corrected chi connectivity index (χ4v) is 0.857. The number of nitrogens with zero attached hydrogens (tertiary/aromatic N) is 3. The second kappa shape index (κ2) is 1.76. The van der Waals surface area contributed by atoms with E-state index in [2.05, 4.69) is 15.4 Å². The van der Waals surface area contributed by atoms with E-state index in [0.717, 1.165) is 11.3 Å². The van der Waals surface area contributed by atoms with Crippen molar-refractivity contribution in [2.24, 2.45) is 0 Å². The van der Waals surface area contributed by atoms with Crippen molar-refractivity contribution < 1.29 is 4.52 Å². The molecule has 0 aromatic heterocycles. The predicted molar refractivity (Wildman–Crippen MR) is 33.5 cm³/mol. The standard InChI is InChI=1S/C6H5N3O/c1-4-2-5-3-7-9-10-6(5)8-4/h2-3H,1H3. The molecule has 0 N–H and O–H groups in total. The summed E-state index contributed by atoms with van der Waals surface area (Å²) in [6.45, 7) is 1.90. The molecule has 0 aromatic carbocycles. The molecule has 2 aliphatic heterocycles. The van der Waals surface area contributed by atoms with Crippen LogP contribution in [0.25, 0.3) is 11.5 Å². The van der Waals surface area contributed by atoms with Gasteiger partial charge in [0.15, 0.2) is 0 Å². The van der Waals surface area contributed by atoms with Gasteiger partial charge in [-0.15, -0.1) is 5.10 Å². The van der Waals surface area contributed by atoms with Gasteiger partial charge < -0.3 is 4.52 Å². The highest BCUT2D eigenvalue weighted by Gasteiger charge is 2.07. The highest BCUT2D eigenvalue weighted by atomic mass is 16.5. The van der Waals surface area contributed by atoms with Crippen molar-refractivity contribution in [1.29, 1.82) is 0 Å². The zero-order chi connectivity index (χ0) is 6.97. The maximum Gasteiger partial charge on any atom is 0.259 e. The SMILES string of the molecule is Cc1cc2cnnoc-2n1. The molecule has 4 nitrogen and oxygen atoms in total. The van der Waals surface area contributed by atoms with Crippen molar-refractivity contribution >= 4 is 0 Å². The molecular formula is C6H5N3O. The van der Waals surface area contributed by atoms with Gasteiger partial charge in [0, 0.05) is 11.0 Å². The van der Waals surface area contributed by atoms with Crippen LogP contribution in [0.5, 0.6) is 0 Å². The predicted octanol–water partition coefficient (Wildman–Crippen LogP) is 0.878. The Labute approximate surface area is 57.2 Å². The first-order valence-electron chi connectivity index (χ1n) is 2.91. The van der Waals surface area contributed by atoms with E-state index in [1.165, 1.54) is 0 Å². The average molecular weight is 135 g/mol. The molecule has 10 heavy (non-hydrogen) atoms. The van der Waals surface area contributed by atoms with E-state index < -0.39 is 0 Å². The molecule has 2 aliphatic rings. The molecule has 0 aromatic rings. The van der Waals surface area contributed by atoms with Gasteiger partial charge in [0.2, 0.25) is 0 Å². The summed E-state index contributed by atoms with van der Waals surface area (Å²) in [6.07, 6.45) is 1.62. The lowest BCUT2D eigenvalue weighted by atomic mass is 10.3. The third-order valence-electron chi connectivity index (χ3n) is 1.26. The number of aryl methyl sites for hydroxylation is 1. The van der Waals surface area contributed by atoms with Crippen LogP contribution in [0.2, 0.25) is 0 Å². The largest absolute Gasteiger partial charge is 0.318 e. The Morgan fingerprint density at radius 2 is 2.40 bits per heavy atom. The Morgan fingerprint density at radius 1 is 1.50 bits per heavy atom. The van der Waals surface area contributed by atoms with Gasteiger partial charge in [-0.05, 0) is 13.0 Å². The van der Waals surface area contributed by atoms with Crippen molar-refractivity contribution in [1.82, 2.24) is 15.4 Å². The molecule has 0 atom stereocenters. The van der Waals surface area contributed by atoms with Crippen molar-refractivity contribution in [3.8, 4) is 11.5 Å². The highest BCUT2D eigenvalue weighted by molar-refractivity contribution is 5.53. The van der Waals surface area contributed by atoms with Gasteiger partial charge in [-0.2, -0.15) is 0 Å². The molecule has 0 unspecified atom stereocenters. The molecule has 0 aliphatic carbocycles. The minimum absolute atomic E-state index is 0.549. The fraction of sp³-hybridized carbons (Fsp3) is 0.167. The summed E-state index contributed by atoms with van der Waals surface area (Å²) in [7, 11) is 0. The molecule has 0 saturated carbocycles. The van der Waals surface area contributed by atoms with E-state index in [4.69, 9.17) is 4.52 Å². The zero-order valence-corrected chi connectivity index (χ0v) is 5.40. The number of rotatable bonds is 0. The summed E-state index contributed by atoms with van der Waals surface area (Å²) in [5.41, 5.74) is 1.82. The van der Waals surface area contributed by atoms with Gasteiger partial charge in [-0.25, -0.2) is 4.98 Å². The van der Waals surface area contributed by atoms with Crippen LogP contribution in [-0.2, 0) is 0 Å². The van der Waals surface area contributed by atoms with Crippen LogP contribution in [0.3, 0.4) is 0 Å². The van der Waals surface area contributed by atoms with Gasteiger partial charge in [-0.1, -0.05) is 0 Å². The van der Waals surface area contributed by atoms with Gasteiger partial charge in [-0.3, -0.25) is 0 Å². The molecular weight excluding hydrogens is 130 g/mol. The lowest BCUT2D eigenvalue weighted by Gasteiger charge is -1.86. The molecule has 2 rings (SSSR count). The van der Waals surface area contributed by atoms with Gasteiger partial charge in [0.25, 0.3) is 5.89 Å². The van der Waals surface area contributed by atoms with Crippen LogP contribution in [0.4, 0.5) is 0 Å². The lowest BCUT2D eigenvalue weighted by Crippen LogP contribution is -1.81. The molecule has 2 heterocycles. The smallest absolute Gasteiger partial charge is 0.259 e. The summed E-state index contributed by atoms with van der Waals surface area (Å²) in [6, 6.07) is 1.90. The molecule has 4 heteroatoms. The molecule has 0 saturated heterocycles. The van der Waals surface area contributed by atoms with Crippen LogP contribution >= 0.6 is 0 Å². The quantitative estimate of drug-likeness (QED) is 0.538. The van der Waals surface area contributed by atoms with Crippen LogP contribution in [0.1, 0.15) is 5.69 Å². The van der Waals surface area contributed by atoms with E-state index in [0.29, 0.717) is 5.89 Å². The Bertz CT molecular complexity index is 287. The normalized spacial score (nSPS) is 10.5.